The molecule has 1 saturated heterocycles. The van der Waals surface area contributed by atoms with Crippen molar-refractivity contribution in [3.63, 3.8) is 0 Å². The van der Waals surface area contributed by atoms with Crippen LogP contribution in [0.25, 0.3) is 0 Å². The van der Waals surface area contributed by atoms with Gasteiger partial charge in [-0.3, -0.25) is 4.99 Å². The Morgan fingerprint density at radius 1 is 1.32 bits per heavy atom. The van der Waals surface area contributed by atoms with Crippen molar-refractivity contribution in [2.24, 2.45) is 10.9 Å². The molecule has 0 radical (unpaired) electrons. The van der Waals surface area contributed by atoms with Crippen molar-refractivity contribution in [2.75, 3.05) is 26.6 Å². The van der Waals surface area contributed by atoms with E-state index in [0.717, 1.165) is 23.0 Å². The molecule has 0 amide bonds. The monoisotopic (exact) mass is 362 g/mol. The van der Waals surface area contributed by atoms with E-state index in [2.05, 4.69) is 12.1 Å². The number of aliphatic imine (C=N–C) groups is 1. The summed E-state index contributed by atoms with van der Waals surface area (Å²) in [5.41, 5.74) is 1.03. The van der Waals surface area contributed by atoms with E-state index in [9.17, 15) is 0 Å². The smallest absolute Gasteiger partial charge is 0.255 e. The number of hydrogen-bond acceptors (Lipinski definition) is 7. The minimum Gasteiger partial charge on any atom is -0.497 e. The molecule has 2 aromatic rings. The Morgan fingerprint density at radius 2 is 2.12 bits per heavy atom. The highest BCUT2D eigenvalue weighted by Gasteiger charge is 2.25. The number of nitrogens with zero attached hydrogens (tertiary/aromatic N) is 2. The number of thioether (sulfide) groups is 1. The maximum atomic E-state index is 5.70. The summed E-state index contributed by atoms with van der Waals surface area (Å²) in [6.07, 6.45) is 1.97. The lowest BCUT2D eigenvalue weighted by Crippen LogP contribution is -2.15. The molecule has 1 aromatic carbocycles. The molecule has 0 aliphatic carbocycles. The zero-order chi connectivity index (χ0) is 17.6. The third-order valence-corrected chi connectivity index (χ3v) is 4.74. The molecular weight excluding hydrogens is 340 g/mol. The number of methoxy groups -OCH3 is 1. The second kappa shape index (κ2) is 8.40. The van der Waals surface area contributed by atoms with Gasteiger partial charge in [0, 0.05) is 5.92 Å². The number of benzene rings is 1. The largest absolute Gasteiger partial charge is 0.497 e. The molecular formula is C18H22N2O4S. The average Bonchev–Trinajstić information content (AvgIpc) is 3.27. The van der Waals surface area contributed by atoms with Crippen LogP contribution in [-0.2, 0) is 11.3 Å². The molecule has 1 aliphatic heterocycles. The first-order chi connectivity index (χ1) is 12.2. The third kappa shape index (κ3) is 4.55. The van der Waals surface area contributed by atoms with Crippen LogP contribution in [0.4, 0.5) is 0 Å². The van der Waals surface area contributed by atoms with Gasteiger partial charge in [0.1, 0.15) is 17.4 Å². The second-order valence-electron chi connectivity index (χ2n) is 5.89. The second-order valence-corrected chi connectivity index (χ2v) is 6.68. The van der Waals surface area contributed by atoms with Gasteiger partial charge in [-0.25, -0.2) is 0 Å². The molecule has 0 bridgehead atoms. The zero-order valence-corrected chi connectivity index (χ0v) is 15.4. The predicted molar refractivity (Wildman–Crippen MR) is 97.7 cm³/mol. The van der Waals surface area contributed by atoms with Gasteiger partial charge in [-0.1, -0.05) is 19.1 Å². The Balaban J connectivity index is 1.63. The maximum absolute atomic E-state index is 5.70. The molecule has 0 N–H and O–H groups in total. The summed E-state index contributed by atoms with van der Waals surface area (Å²) in [6.45, 7) is 3.96. The zero-order valence-electron chi connectivity index (χ0n) is 14.6. The molecule has 6 nitrogen and oxygen atoms in total. The van der Waals surface area contributed by atoms with Crippen molar-refractivity contribution in [1.82, 2.24) is 5.16 Å². The van der Waals surface area contributed by atoms with Gasteiger partial charge in [-0.2, -0.15) is 0 Å². The Hall–Kier alpha value is -1.99. The number of ether oxygens (including phenoxy) is 3. The lowest BCUT2D eigenvalue weighted by atomic mass is 10.1. The maximum Gasteiger partial charge on any atom is 0.255 e. The summed E-state index contributed by atoms with van der Waals surface area (Å²) in [5.74, 6) is 2.30. The van der Waals surface area contributed by atoms with E-state index in [1.54, 1.807) is 13.2 Å². The van der Waals surface area contributed by atoms with Crippen molar-refractivity contribution < 1.29 is 18.7 Å². The molecule has 0 saturated carbocycles. The summed E-state index contributed by atoms with van der Waals surface area (Å²) in [5, 5.41) is 4.79. The van der Waals surface area contributed by atoms with Gasteiger partial charge in [0.15, 0.2) is 5.76 Å². The van der Waals surface area contributed by atoms with E-state index in [1.807, 2.05) is 30.5 Å². The van der Waals surface area contributed by atoms with E-state index < -0.39 is 0 Å². The summed E-state index contributed by atoms with van der Waals surface area (Å²) in [6, 6.07) is 9.65. The van der Waals surface area contributed by atoms with Gasteiger partial charge in [-0.15, -0.1) is 11.8 Å². The lowest BCUT2D eigenvalue weighted by molar-refractivity contribution is 0.186. The minimum absolute atomic E-state index is 0.163. The molecule has 2 unspecified atom stereocenters. The summed E-state index contributed by atoms with van der Waals surface area (Å²) in [7, 11) is 1.64. The Labute approximate surface area is 151 Å². The van der Waals surface area contributed by atoms with Crippen LogP contribution >= 0.6 is 11.8 Å². The first-order valence-corrected chi connectivity index (χ1v) is 9.34. The van der Waals surface area contributed by atoms with Crippen molar-refractivity contribution in [2.45, 2.75) is 19.6 Å². The number of rotatable bonds is 6. The van der Waals surface area contributed by atoms with Crippen molar-refractivity contribution in [3.05, 3.63) is 41.7 Å². The van der Waals surface area contributed by atoms with Crippen LogP contribution < -0.4 is 9.47 Å². The van der Waals surface area contributed by atoms with Gasteiger partial charge >= 0.3 is 0 Å². The fourth-order valence-corrected chi connectivity index (χ4v) is 3.03. The number of aromatic nitrogens is 1. The fraction of sp³-hybridized carbons (Fsp3) is 0.444. The molecule has 2 atom stereocenters. The van der Waals surface area contributed by atoms with Gasteiger partial charge in [0.2, 0.25) is 0 Å². The molecule has 25 heavy (non-hydrogen) atoms. The Bertz CT molecular complexity index is 714. The molecule has 7 heteroatoms. The third-order valence-electron chi connectivity index (χ3n) is 4.05. The van der Waals surface area contributed by atoms with Gasteiger partial charge < -0.3 is 18.7 Å². The van der Waals surface area contributed by atoms with Crippen molar-refractivity contribution in [1.29, 1.82) is 0 Å². The normalized spacial score (nSPS) is 20.7. The molecule has 1 aliphatic rings. The van der Waals surface area contributed by atoms with Crippen molar-refractivity contribution >= 4 is 16.8 Å². The summed E-state index contributed by atoms with van der Waals surface area (Å²) in [4.78, 5) is 4.75. The van der Waals surface area contributed by atoms with Gasteiger partial charge in [-0.05, 0) is 29.1 Å². The van der Waals surface area contributed by atoms with Crippen LogP contribution in [0, 0.1) is 5.92 Å². The van der Waals surface area contributed by atoms with Crippen LogP contribution in [0.1, 0.15) is 18.2 Å². The first-order valence-electron chi connectivity index (χ1n) is 8.12. The van der Waals surface area contributed by atoms with E-state index in [4.69, 9.17) is 23.7 Å². The van der Waals surface area contributed by atoms with Crippen LogP contribution in [0.15, 0.2) is 39.8 Å². The average molecular weight is 362 g/mol. The van der Waals surface area contributed by atoms with E-state index in [-0.39, 0.29) is 6.04 Å². The summed E-state index contributed by atoms with van der Waals surface area (Å²) >= 11 is 1.54. The van der Waals surface area contributed by atoms with Crippen LogP contribution in [0.3, 0.4) is 0 Å². The SMILES string of the molecule is COc1ccc(COc2cc(C(=NC3COCC3C)SC)on2)cc1. The Kier molecular flexibility index (Phi) is 5.99. The van der Waals surface area contributed by atoms with E-state index in [0.29, 0.717) is 30.8 Å². The summed E-state index contributed by atoms with van der Waals surface area (Å²) < 4.78 is 21.7. The highest BCUT2D eigenvalue weighted by molar-refractivity contribution is 8.13. The van der Waals surface area contributed by atoms with Gasteiger partial charge in [0.05, 0.1) is 32.4 Å². The lowest BCUT2D eigenvalue weighted by Gasteiger charge is -2.08. The van der Waals surface area contributed by atoms with E-state index >= 15 is 0 Å². The standard InChI is InChI=1S/C18H22N2O4S/c1-12-9-22-11-15(12)19-18(25-3)16-8-17(20-24-16)23-10-13-4-6-14(21-2)7-5-13/h4-8,12,15H,9-11H2,1-3H3. The highest BCUT2D eigenvalue weighted by Crippen LogP contribution is 2.23. The van der Waals surface area contributed by atoms with Gasteiger partial charge in [0.25, 0.3) is 5.88 Å². The highest BCUT2D eigenvalue weighted by atomic mass is 32.2. The number of hydrogen-bond donors (Lipinski definition) is 0. The Morgan fingerprint density at radius 3 is 2.76 bits per heavy atom. The molecule has 2 heterocycles. The van der Waals surface area contributed by atoms with Crippen molar-refractivity contribution in [3.8, 4) is 11.6 Å². The molecule has 1 fully saturated rings. The minimum atomic E-state index is 0.163. The van der Waals surface area contributed by atoms with Crippen LogP contribution in [-0.4, -0.2) is 42.8 Å². The topological polar surface area (TPSA) is 66.1 Å². The quantitative estimate of drug-likeness (QED) is 0.580. The fourth-order valence-electron chi connectivity index (χ4n) is 2.49. The van der Waals surface area contributed by atoms with Crippen LogP contribution in [0.2, 0.25) is 0 Å². The predicted octanol–water partition coefficient (Wildman–Crippen LogP) is 3.41. The molecule has 3 rings (SSSR count). The molecule has 1 aromatic heterocycles. The molecule has 0 spiro atoms. The molecule has 134 valence electrons. The van der Waals surface area contributed by atoms with Crippen LogP contribution in [0.5, 0.6) is 11.6 Å². The first kappa shape index (κ1) is 17.8. The van der Waals surface area contributed by atoms with E-state index in [1.165, 1.54) is 11.8 Å².